The topological polar surface area (TPSA) is 100 Å². The maximum absolute atomic E-state index is 14.1. The normalized spacial score (nSPS) is 21.7. The van der Waals surface area contributed by atoms with E-state index in [-0.39, 0.29) is 27.9 Å². The standard InChI is InChI=1S/C22H18ClF4N3O5S/c1-34-21(33)35-18-14(7-30-9-22(26,27)6-15(30)20(31)32)28-19(16-5-11(25)8-36-16)29-17(18)12-3-2-10(24)4-13(12)23/h2-5,8,15,17H,6-7,9H2,1H3,(H,28,29)(H,31,32)/t15-,17+/m0/s1. The van der Waals surface area contributed by atoms with Gasteiger partial charge in [0.05, 0.1) is 24.2 Å². The predicted molar refractivity (Wildman–Crippen MR) is 121 cm³/mol. The van der Waals surface area contributed by atoms with Crippen LogP contribution in [0.2, 0.25) is 5.02 Å². The molecular weight excluding hydrogens is 530 g/mol. The fourth-order valence-corrected chi connectivity index (χ4v) is 4.92. The van der Waals surface area contributed by atoms with Crippen LogP contribution in [0.5, 0.6) is 0 Å². The molecule has 2 aliphatic heterocycles. The first-order valence-electron chi connectivity index (χ1n) is 10.3. The van der Waals surface area contributed by atoms with Crippen LogP contribution in [0, 0.1) is 11.6 Å². The van der Waals surface area contributed by atoms with Gasteiger partial charge in [-0.3, -0.25) is 14.7 Å². The summed E-state index contributed by atoms with van der Waals surface area (Å²) in [5.74, 6) is -6.07. The number of ether oxygens (including phenoxy) is 2. The zero-order chi connectivity index (χ0) is 26.2. The monoisotopic (exact) mass is 547 g/mol. The molecule has 0 radical (unpaired) electrons. The second kappa shape index (κ2) is 10.1. The molecule has 1 aromatic carbocycles. The highest BCUT2D eigenvalue weighted by molar-refractivity contribution is 7.12. The molecule has 1 fully saturated rings. The summed E-state index contributed by atoms with van der Waals surface area (Å²) < 4.78 is 65.7. The van der Waals surface area contributed by atoms with Crippen LogP contribution >= 0.6 is 22.9 Å². The Hall–Kier alpha value is -3.16. The number of thiophene rings is 1. The number of amidine groups is 1. The van der Waals surface area contributed by atoms with Gasteiger partial charge in [0.1, 0.15) is 29.6 Å². The summed E-state index contributed by atoms with van der Waals surface area (Å²) in [6.45, 7) is -1.30. The Balaban J connectivity index is 1.84. The summed E-state index contributed by atoms with van der Waals surface area (Å²) in [5, 5.41) is 13.5. The number of carbonyl (C=O) groups excluding carboxylic acids is 1. The SMILES string of the molecule is COC(=O)OC1=C(CN2CC(F)(F)C[C@H]2C(=O)O)NC(c2cc(F)cs2)=N[C@@H]1c1ccc(F)cc1Cl. The van der Waals surface area contributed by atoms with Crippen LogP contribution in [-0.4, -0.2) is 60.1 Å². The van der Waals surface area contributed by atoms with Gasteiger partial charge in [-0.15, -0.1) is 11.3 Å². The van der Waals surface area contributed by atoms with Crippen LogP contribution < -0.4 is 5.32 Å². The van der Waals surface area contributed by atoms with E-state index in [1.807, 2.05) is 0 Å². The van der Waals surface area contributed by atoms with Crippen molar-refractivity contribution in [1.82, 2.24) is 10.2 Å². The van der Waals surface area contributed by atoms with E-state index in [0.29, 0.717) is 4.88 Å². The molecule has 3 heterocycles. The number of halogens is 5. The van der Waals surface area contributed by atoms with E-state index in [0.717, 1.165) is 35.5 Å². The predicted octanol–water partition coefficient (Wildman–Crippen LogP) is 4.56. The van der Waals surface area contributed by atoms with E-state index >= 15 is 0 Å². The first kappa shape index (κ1) is 25.9. The molecule has 0 saturated carbocycles. The molecule has 0 amide bonds. The molecule has 0 unspecified atom stereocenters. The molecule has 0 spiro atoms. The summed E-state index contributed by atoms with van der Waals surface area (Å²) in [5.41, 5.74) is 0.181. The van der Waals surface area contributed by atoms with Gasteiger partial charge in [0, 0.05) is 28.9 Å². The number of nitrogens with zero attached hydrogens (tertiary/aromatic N) is 2. The van der Waals surface area contributed by atoms with Crippen molar-refractivity contribution >= 4 is 40.9 Å². The summed E-state index contributed by atoms with van der Waals surface area (Å²) in [6.07, 6.45) is -2.08. The first-order chi connectivity index (χ1) is 17.0. The minimum atomic E-state index is -3.27. The molecule has 14 heteroatoms. The fraction of sp³-hybridized carbons (Fsp3) is 0.318. The lowest BCUT2D eigenvalue weighted by Crippen LogP contribution is -2.43. The van der Waals surface area contributed by atoms with Gasteiger partial charge in [0.15, 0.2) is 5.76 Å². The third-order valence-electron chi connectivity index (χ3n) is 5.50. The van der Waals surface area contributed by atoms with Crippen molar-refractivity contribution in [3.63, 3.8) is 0 Å². The third kappa shape index (κ3) is 5.47. The maximum Gasteiger partial charge on any atom is 0.513 e. The van der Waals surface area contributed by atoms with E-state index in [9.17, 15) is 32.3 Å². The molecular formula is C22H18ClF4N3O5S. The van der Waals surface area contributed by atoms with Gasteiger partial charge >= 0.3 is 12.1 Å². The number of carboxylic acids is 1. The van der Waals surface area contributed by atoms with Crippen molar-refractivity contribution in [1.29, 1.82) is 0 Å². The second-order valence-corrected chi connectivity index (χ2v) is 9.34. The van der Waals surface area contributed by atoms with E-state index in [1.54, 1.807) is 0 Å². The Morgan fingerprint density at radius 3 is 2.67 bits per heavy atom. The zero-order valence-electron chi connectivity index (χ0n) is 18.4. The van der Waals surface area contributed by atoms with Gasteiger partial charge in [0.25, 0.3) is 5.92 Å². The maximum atomic E-state index is 14.1. The summed E-state index contributed by atoms with van der Waals surface area (Å²) >= 11 is 7.23. The lowest BCUT2D eigenvalue weighted by atomic mass is 10.0. The van der Waals surface area contributed by atoms with Crippen molar-refractivity contribution in [3.8, 4) is 0 Å². The molecule has 0 bridgehead atoms. The molecule has 2 aromatic rings. The number of alkyl halides is 2. The third-order valence-corrected chi connectivity index (χ3v) is 6.74. The van der Waals surface area contributed by atoms with Crippen LogP contribution in [0.15, 0.2) is 46.1 Å². The van der Waals surface area contributed by atoms with E-state index < -0.39 is 61.3 Å². The zero-order valence-corrected chi connectivity index (χ0v) is 20.0. The van der Waals surface area contributed by atoms with Crippen LogP contribution in [0.1, 0.15) is 22.9 Å². The van der Waals surface area contributed by atoms with Gasteiger partial charge in [-0.25, -0.2) is 22.4 Å². The Bertz CT molecular complexity index is 1270. The van der Waals surface area contributed by atoms with Gasteiger partial charge in [-0.2, -0.15) is 0 Å². The molecule has 192 valence electrons. The molecule has 0 aliphatic carbocycles. The minimum absolute atomic E-state index is 0.00597. The Labute approximate surface area is 210 Å². The number of aliphatic imine (C=N–C) groups is 1. The minimum Gasteiger partial charge on any atom is -0.480 e. The van der Waals surface area contributed by atoms with Gasteiger partial charge in [-0.05, 0) is 18.2 Å². The fourth-order valence-electron chi connectivity index (χ4n) is 3.95. The Morgan fingerprint density at radius 1 is 1.31 bits per heavy atom. The van der Waals surface area contributed by atoms with Crippen LogP contribution in [0.25, 0.3) is 0 Å². The number of rotatable bonds is 6. The number of nitrogens with one attached hydrogen (secondary N) is 1. The Morgan fingerprint density at radius 2 is 2.06 bits per heavy atom. The molecule has 2 N–H and O–H groups in total. The van der Waals surface area contributed by atoms with E-state index in [2.05, 4.69) is 15.0 Å². The molecule has 36 heavy (non-hydrogen) atoms. The number of hydrogen-bond donors (Lipinski definition) is 2. The number of carboxylic acid groups (broad SMARTS) is 1. The average molecular weight is 548 g/mol. The van der Waals surface area contributed by atoms with Gasteiger partial charge < -0.3 is 19.9 Å². The molecule has 1 saturated heterocycles. The first-order valence-corrected chi connectivity index (χ1v) is 11.6. The van der Waals surface area contributed by atoms with Crippen LogP contribution in [-0.2, 0) is 14.3 Å². The van der Waals surface area contributed by atoms with Crippen molar-refractivity contribution in [3.05, 3.63) is 68.2 Å². The van der Waals surface area contributed by atoms with Crippen molar-refractivity contribution in [2.75, 3.05) is 20.2 Å². The van der Waals surface area contributed by atoms with Crippen LogP contribution in [0.4, 0.5) is 22.4 Å². The van der Waals surface area contributed by atoms with E-state index in [4.69, 9.17) is 16.3 Å². The number of aliphatic carboxylic acids is 1. The Kier molecular flexibility index (Phi) is 7.25. The van der Waals surface area contributed by atoms with E-state index in [1.165, 1.54) is 17.5 Å². The summed E-state index contributed by atoms with van der Waals surface area (Å²) in [4.78, 5) is 29.5. The number of carbonyl (C=O) groups is 2. The lowest BCUT2D eigenvalue weighted by Gasteiger charge is -2.30. The smallest absolute Gasteiger partial charge is 0.480 e. The van der Waals surface area contributed by atoms with Crippen LogP contribution in [0.3, 0.4) is 0 Å². The molecule has 2 aliphatic rings. The summed E-state index contributed by atoms with van der Waals surface area (Å²) in [6, 6.07) is 1.85. The van der Waals surface area contributed by atoms with Crippen molar-refractivity contribution in [2.24, 2.45) is 4.99 Å². The average Bonchev–Trinajstić information content (AvgIpc) is 3.37. The van der Waals surface area contributed by atoms with Gasteiger partial charge in [-0.1, -0.05) is 17.7 Å². The van der Waals surface area contributed by atoms with Gasteiger partial charge in [0.2, 0.25) is 0 Å². The number of hydrogen-bond acceptors (Lipinski definition) is 8. The molecule has 1 aromatic heterocycles. The summed E-state index contributed by atoms with van der Waals surface area (Å²) in [7, 11) is 1.04. The van der Waals surface area contributed by atoms with Crippen molar-refractivity contribution in [2.45, 2.75) is 24.4 Å². The largest absolute Gasteiger partial charge is 0.513 e. The molecule has 8 nitrogen and oxygen atoms in total. The van der Waals surface area contributed by atoms with Crippen molar-refractivity contribution < 1.29 is 41.7 Å². The highest BCUT2D eigenvalue weighted by Crippen LogP contribution is 2.39. The quantitative estimate of drug-likeness (QED) is 0.404. The number of methoxy groups -OCH3 is 1. The molecule has 2 atom stereocenters. The highest BCUT2D eigenvalue weighted by Gasteiger charge is 2.49. The number of benzene rings is 1. The lowest BCUT2D eigenvalue weighted by molar-refractivity contribution is -0.142. The second-order valence-electron chi connectivity index (χ2n) is 8.02. The highest BCUT2D eigenvalue weighted by atomic mass is 35.5. The molecule has 4 rings (SSSR count). The number of likely N-dealkylation sites (tertiary alicyclic amines) is 1.